The molecule has 0 unspecified atom stereocenters. The SMILES string of the molecule is CN1CCCN(c2nc(Cl)nc(-n3cccn3)n2)CC1=O. The molecule has 21 heavy (non-hydrogen) atoms. The fourth-order valence-electron chi connectivity index (χ4n) is 2.12. The number of hydrogen-bond acceptors (Lipinski definition) is 6. The van der Waals surface area contributed by atoms with Gasteiger partial charge in [-0.3, -0.25) is 4.79 Å². The van der Waals surface area contributed by atoms with Crippen LogP contribution in [0.3, 0.4) is 0 Å². The van der Waals surface area contributed by atoms with E-state index in [1.807, 2.05) is 4.90 Å². The molecule has 0 radical (unpaired) electrons. The number of carbonyl (C=O) groups is 1. The smallest absolute Gasteiger partial charge is 0.256 e. The first-order valence-corrected chi connectivity index (χ1v) is 6.92. The summed E-state index contributed by atoms with van der Waals surface area (Å²) >= 11 is 5.97. The standard InChI is InChI=1S/C12H14ClN7O/c1-18-5-3-6-19(8-9(18)21)11-15-10(13)16-12(17-11)20-7-2-4-14-20/h2,4,7H,3,5-6,8H2,1H3. The largest absolute Gasteiger partial charge is 0.344 e. The van der Waals surface area contributed by atoms with Crippen LogP contribution in [0.2, 0.25) is 5.28 Å². The van der Waals surface area contributed by atoms with Crippen LogP contribution in [-0.2, 0) is 4.79 Å². The minimum atomic E-state index is 0.0321. The highest BCUT2D eigenvalue weighted by Crippen LogP contribution is 2.15. The number of aromatic nitrogens is 5. The van der Waals surface area contributed by atoms with Crippen LogP contribution in [0.1, 0.15) is 6.42 Å². The van der Waals surface area contributed by atoms with Crippen molar-refractivity contribution in [3.05, 3.63) is 23.7 Å². The molecule has 1 aliphatic rings. The van der Waals surface area contributed by atoms with Gasteiger partial charge in [0.25, 0.3) is 5.95 Å². The van der Waals surface area contributed by atoms with Crippen molar-refractivity contribution in [2.45, 2.75) is 6.42 Å². The number of rotatable bonds is 2. The Bertz CT molecular complexity index is 645. The molecule has 1 amide bonds. The topological polar surface area (TPSA) is 80.0 Å². The number of hydrogen-bond donors (Lipinski definition) is 0. The summed E-state index contributed by atoms with van der Waals surface area (Å²) in [5.74, 6) is 0.758. The molecule has 1 fully saturated rings. The number of nitrogens with zero attached hydrogens (tertiary/aromatic N) is 7. The van der Waals surface area contributed by atoms with E-state index in [0.717, 1.165) is 13.0 Å². The number of likely N-dealkylation sites (N-methyl/N-ethyl adjacent to an activating group) is 1. The zero-order valence-electron chi connectivity index (χ0n) is 11.5. The van der Waals surface area contributed by atoms with Crippen LogP contribution in [-0.4, -0.2) is 62.2 Å². The van der Waals surface area contributed by atoms with Gasteiger partial charge in [-0.05, 0) is 24.1 Å². The molecule has 3 heterocycles. The van der Waals surface area contributed by atoms with Gasteiger partial charge in [0.05, 0.1) is 6.54 Å². The van der Waals surface area contributed by atoms with E-state index in [2.05, 4.69) is 20.1 Å². The molecule has 9 heteroatoms. The predicted octanol–water partition coefficient (Wildman–Crippen LogP) is 0.379. The van der Waals surface area contributed by atoms with Crippen molar-refractivity contribution in [3.8, 4) is 5.95 Å². The first-order valence-electron chi connectivity index (χ1n) is 6.54. The average Bonchev–Trinajstić information content (AvgIpc) is 2.94. The zero-order chi connectivity index (χ0) is 14.8. The van der Waals surface area contributed by atoms with E-state index in [1.165, 1.54) is 4.68 Å². The van der Waals surface area contributed by atoms with Crippen LogP contribution >= 0.6 is 11.6 Å². The number of carbonyl (C=O) groups excluding carboxylic acids is 1. The lowest BCUT2D eigenvalue weighted by molar-refractivity contribution is -0.127. The second kappa shape index (κ2) is 5.65. The molecule has 0 aromatic carbocycles. The normalized spacial score (nSPS) is 16.2. The fraction of sp³-hybridized carbons (Fsp3) is 0.417. The summed E-state index contributed by atoms with van der Waals surface area (Å²) in [5, 5.41) is 4.15. The molecular formula is C12H14ClN7O. The number of anilines is 1. The van der Waals surface area contributed by atoms with Crippen LogP contribution in [0.15, 0.2) is 18.5 Å². The molecule has 110 valence electrons. The Morgan fingerprint density at radius 2 is 2.00 bits per heavy atom. The summed E-state index contributed by atoms with van der Waals surface area (Å²) in [6, 6.07) is 1.77. The lowest BCUT2D eigenvalue weighted by atomic mass is 10.4. The van der Waals surface area contributed by atoms with Crippen LogP contribution in [0, 0.1) is 0 Å². The third kappa shape index (κ3) is 2.94. The minimum Gasteiger partial charge on any atom is -0.344 e. The van der Waals surface area contributed by atoms with Gasteiger partial charge in [0.2, 0.25) is 17.1 Å². The van der Waals surface area contributed by atoms with Gasteiger partial charge in [-0.1, -0.05) is 0 Å². The van der Waals surface area contributed by atoms with E-state index < -0.39 is 0 Å². The second-order valence-corrected chi connectivity index (χ2v) is 5.08. The molecular weight excluding hydrogens is 294 g/mol. The van der Waals surface area contributed by atoms with Crippen LogP contribution in [0.5, 0.6) is 0 Å². The van der Waals surface area contributed by atoms with Gasteiger partial charge in [-0.15, -0.1) is 0 Å². The summed E-state index contributed by atoms with van der Waals surface area (Å²) < 4.78 is 1.50. The third-order valence-corrected chi connectivity index (χ3v) is 3.42. The Kier molecular flexibility index (Phi) is 3.70. The Morgan fingerprint density at radius 3 is 2.76 bits per heavy atom. The van der Waals surface area contributed by atoms with Crippen LogP contribution in [0.4, 0.5) is 5.95 Å². The van der Waals surface area contributed by atoms with Crippen molar-refractivity contribution in [3.63, 3.8) is 0 Å². The predicted molar refractivity (Wildman–Crippen MR) is 76.4 cm³/mol. The maximum absolute atomic E-state index is 12.0. The van der Waals surface area contributed by atoms with Crippen molar-refractivity contribution in [2.75, 3.05) is 31.6 Å². The van der Waals surface area contributed by atoms with Gasteiger partial charge in [-0.25, -0.2) is 4.68 Å². The first-order chi connectivity index (χ1) is 10.1. The fourth-order valence-corrected chi connectivity index (χ4v) is 2.27. The van der Waals surface area contributed by atoms with Gasteiger partial charge < -0.3 is 9.80 Å². The molecule has 8 nitrogen and oxygen atoms in total. The Hall–Kier alpha value is -2.22. The maximum atomic E-state index is 12.0. The molecule has 1 aliphatic heterocycles. The molecule has 0 saturated carbocycles. The maximum Gasteiger partial charge on any atom is 0.256 e. The number of amides is 1. The monoisotopic (exact) mass is 307 g/mol. The van der Waals surface area contributed by atoms with Gasteiger partial charge in [0, 0.05) is 32.5 Å². The van der Waals surface area contributed by atoms with E-state index in [1.54, 1.807) is 30.4 Å². The summed E-state index contributed by atoms with van der Waals surface area (Å²) in [4.78, 5) is 28.0. The minimum absolute atomic E-state index is 0.0321. The quantitative estimate of drug-likeness (QED) is 0.798. The molecule has 1 saturated heterocycles. The summed E-state index contributed by atoms with van der Waals surface area (Å²) in [6.45, 7) is 1.64. The second-order valence-electron chi connectivity index (χ2n) is 4.75. The third-order valence-electron chi connectivity index (χ3n) is 3.25. The molecule has 3 rings (SSSR count). The molecule has 0 atom stereocenters. The van der Waals surface area contributed by atoms with Crippen LogP contribution in [0.25, 0.3) is 5.95 Å². The lowest BCUT2D eigenvalue weighted by Gasteiger charge is -2.19. The summed E-state index contributed by atoms with van der Waals surface area (Å²) in [7, 11) is 1.79. The average molecular weight is 308 g/mol. The van der Waals surface area contributed by atoms with Crippen molar-refractivity contribution < 1.29 is 4.79 Å². The lowest BCUT2D eigenvalue weighted by Crippen LogP contribution is -2.35. The van der Waals surface area contributed by atoms with Crippen molar-refractivity contribution in [1.29, 1.82) is 0 Å². The molecule has 2 aromatic heterocycles. The summed E-state index contributed by atoms with van der Waals surface area (Å²) in [5.41, 5.74) is 0. The van der Waals surface area contributed by atoms with Gasteiger partial charge in [0.15, 0.2) is 0 Å². The van der Waals surface area contributed by atoms with E-state index in [-0.39, 0.29) is 17.7 Å². The van der Waals surface area contributed by atoms with Crippen molar-refractivity contribution in [1.82, 2.24) is 29.6 Å². The first kappa shape index (κ1) is 13.7. The summed E-state index contributed by atoms with van der Waals surface area (Å²) in [6.07, 6.45) is 4.20. The van der Waals surface area contributed by atoms with E-state index >= 15 is 0 Å². The Morgan fingerprint density at radius 1 is 1.19 bits per heavy atom. The van der Waals surface area contributed by atoms with E-state index in [9.17, 15) is 4.79 Å². The Labute approximate surface area is 126 Å². The van der Waals surface area contributed by atoms with Crippen molar-refractivity contribution in [2.24, 2.45) is 0 Å². The zero-order valence-corrected chi connectivity index (χ0v) is 12.2. The van der Waals surface area contributed by atoms with Gasteiger partial charge in [-0.2, -0.15) is 20.1 Å². The van der Waals surface area contributed by atoms with Crippen LogP contribution < -0.4 is 4.90 Å². The number of halogens is 1. The highest BCUT2D eigenvalue weighted by molar-refractivity contribution is 6.28. The molecule has 0 bridgehead atoms. The van der Waals surface area contributed by atoms with E-state index in [4.69, 9.17) is 11.6 Å². The van der Waals surface area contributed by atoms with Gasteiger partial charge >= 0.3 is 0 Å². The van der Waals surface area contributed by atoms with Gasteiger partial charge in [0.1, 0.15) is 0 Å². The highest BCUT2D eigenvalue weighted by Gasteiger charge is 2.22. The van der Waals surface area contributed by atoms with E-state index in [0.29, 0.717) is 18.4 Å². The molecule has 0 N–H and O–H groups in total. The highest BCUT2D eigenvalue weighted by atomic mass is 35.5. The Balaban J connectivity index is 1.93. The molecule has 0 aliphatic carbocycles. The molecule has 0 spiro atoms. The molecule has 2 aromatic rings. The van der Waals surface area contributed by atoms with Crippen molar-refractivity contribution >= 4 is 23.5 Å².